The zero-order valence-electron chi connectivity index (χ0n) is 13.8. The predicted molar refractivity (Wildman–Crippen MR) is 94.6 cm³/mol. The fourth-order valence-corrected chi connectivity index (χ4v) is 3.25. The number of H-pyrrole nitrogens is 1. The molecule has 24 heavy (non-hydrogen) atoms. The molecule has 1 unspecified atom stereocenters. The van der Waals surface area contributed by atoms with Crippen LogP contribution in [0, 0.1) is 5.92 Å². The molecule has 1 atom stereocenters. The molecule has 4 heteroatoms. The SMILES string of the molecule is CC(C1CC1)N(Cc1ccccc1)C(=O)c1ccc2cn[nH]c2c1. The Balaban J connectivity index is 1.64. The minimum absolute atomic E-state index is 0.0924. The Morgan fingerprint density at radius 2 is 2.04 bits per heavy atom. The molecule has 122 valence electrons. The van der Waals surface area contributed by atoms with Crippen molar-refractivity contribution in [3.8, 4) is 0 Å². The van der Waals surface area contributed by atoms with Crippen LogP contribution < -0.4 is 0 Å². The van der Waals surface area contributed by atoms with Gasteiger partial charge >= 0.3 is 0 Å². The maximum absolute atomic E-state index is 13.2. The van der Waals surface area contributed by atoms with Crippen molar-refractivity contribution in [2.24, 2.45) is 5.92 Å². The highest BCUT2D eigenvalue weighted by Crippen LogP contribution is 2.36. The maximum atomic E-state index is 13.2. The summed E-state index contributed by atoms with van der Waals surface area (Å²) in [6.45, 7) is 2.82. The lowest BCUT2D eigenvalue weighted by Crippen LogP contribution is -2.39. The average molecular weight is 319 g/mol. The van der Waals surface area contributed by atoms with Crippen LogP contribution in [0.4, 0.5) is 0 Å². The summed E-state index contributed by atoms with van der Waals surface area (Å²) in [7, 11) is 0. The lowest BCUT2D eigenvalue weighted by Gasteiger charge is -2.30. The Hall–Kier alpha value is -2.62. The number of benzene rings is 2. The largest absolute Gasteiger partial charge is 0.331 e. The first kappa shape index (κ1) is 14.9. The summed E-state index contributed by atoms with van der Waals surface area (Å²) in [6, 6.07) is 16.2. The van der Waals surface area contributed by atoms with E-state index < -0.39 is 0 Å². The molecule has 0 spiro atoms. The number of hydrogen-bond acceptors (Lipinski definition) is 2. The average Bonchev–Trinajstić information content (AvgIpc) is 3.36. The Morgan fingerprint density at radius 1 is 1.25 bits per heavy atom. The van der Waals surface area contributed by atoms with Gasteiger partial charge in [-0.05, 0) is 43.4 Å². The summed E-state index contributed by atoms with van der Waals surface area (Å²) < 4.78 is 0. The number of aromatic nitrogens is 2. The third-order valence-electron chi connectivity index (χ3n) is 4.94. The number of hydrogen-bond donors (Lipinski definition) is 1. The molecule has 0 saturated heterocycles. The van der Waals surface area contributed by atoms with Crippen molar-refractivity contribution in [3.05, 3.63) is 65.9 Å². The van der Waals surface area contributed by atoms with Crippen molar-refractivity contribution >= 4 is 16.8 Å². The molecule has 4 rings (SSSR count). The molecule has 1 fully saturated rings. The summed E-state index contributed by atoms with van der Waals surface area (Å²) in [6.07, 6.45) is 4.22. The molecule has 0 radical (unpaired) electrons. The maximum Gasteiger partial charge on any atom is 0.254 e. The summed E-state index contributed by atoms with van der Waals surface area (Å²) in [5, 5.41) is 8.01. The molecular weight excluding hydrogens is 298 g/mol. The fraction of sp³-hybridized carbons (Fsp3) is 0.300. The Kier molecular flexibility index (Phi) is 3.81. The molecular formula is C20H21N3O. The molecule has 1 amide bonds. The van der Waals surface area contributed by atoms with E-state index in [1.807, 2.05) is 41.3 Å². The van der Waals surface area contributed by atoms with Crippen LogP contribution in [0.5, 0.6) is 0 Å². The van der Waals surface area contributed by atoms with E-state index in [2.05, 4.69) is 29.3 Å². The van der Waals surface area contributed by atoms with Gasteiger partial charge in [0.05, 0.1) is 11.7 Å². The topological polar surface area (TPSA) is 49.0 Å². The van der Waals surface area contributed by atoms with Crippen LogP contribution in [-0.4, -0.2) is 27.0 Å². The molecule has 1 saturated carbocycles. The summed E-state index contributed by atoms with van der Waals surface area (Å²) in [5.41, 5.74) is 2.79. The first-order valence-electron chi connectivity index (χ1n) is 8.50. The van der Waals surface area contributed by atoms with Crippen molar-refractivity contribution < 1.29 is 4.79 Å². The van der Waals surface area contributed by atoms with E-state index in [9.17, 15) is 4.79 Å². The first-order chi connectivity index (χ1) is 11.7. The fourth-order valence-electron chi connectivity index (χ4n) is 3.25. The summed E-state index contributed by atoms with van der Waals surface area (Å²) >= 11 is 0. The van der Waals surface area contributed by atoms with Gasteiger partial charge in [0.25, 0.3) is 5.91 Å². The predicted octanol–water partition coefficient (Wildman–Crippen LogP) is 4.00. The summed E-state index contributed by atoms with van der Waals surface area (Å²) in [4.78, 5) is 15.2. The molecule has 0 bridgehead atoms. The van der Waals surface area contributed by atoms with E-state index >= 15 is 0 Å². The van der Waals surface area contributed by atoms with Crippen LogP contribution in [0.3, 0.4) is 0 Å². The van der Waals surface area contributed by atoms with Crippen LogP contribution in [-0.2, 0) is 6.54 Å². The van der Waals surface area contributed by atoms with E-state index in [-0.39, 0.29) is 11.9 Å². The monoisotopic (exact) mass is 319 g/mol. The third-order valence-corrected chi connectivity index (χ3v) is 4.94. The van der Waals surface area contributed by atoms with Crippen molar-refractivity contribution in [1.82, 2.24) is 15.1 Å². The van der Waals surface area contributed by atoms with Crippen LogP contribution in [0.25, 0.3) is 10.9 Å². The van der Waals surface area contributed by atoms with Gasteiger partial charge in [-0.1, -0.05) is 36.4 Å². The number of nitrogens with one attached hydrogen (secondary N) is 1. The molecule has 1 aliphatic carbocycles. The molecule has 1 aliphatic rings. The van der Waals surface area contributed by atoms with E-state index in [0.717, 1.165) is 16.5 Å². The van der Waals surface area contributed by atoms with Gasteiger partial charge in [-0.25, -0.2) is 0 Å². The van der Waals surface area contributed by atoms with Crippen LogP contribution in [0.1, 0.15) is 35.7 Å². The quantitative estimate of drug-likeness (QED) is 0.772. The second-order valence-corrected chi connectivity index (χ2v) is 6.67. The van der Waals surface area contributed by atoms with Crippen LogP contribution >= 0.6 is 0 Å². The number of aromatic amines is 1. The molecule has 3 aromatic rings. The van der Waals surface area contributed by atoms with Gasteiger partial charge in [-0.15, -0.1) is 0 Å². The molecule has 2 aromatic carbocycles. The number of carbonyl (C=O) groups excluding carboxylic acids is 1. The van der Waals surface area contributed by atoms with Gasteiger partial charge in [0.1, 0.15) is 0 Å². The summed E-state index contributed by atoms with van der Waals surface area (Å²) in [5.74, 6) is 0.725. The first-order valence-corrected chi connectivity index (χ1v) is 8.50. The molecule has 1 N–H and O–H groups in total. The zero-order valence-corrected chi connectivity index (χ0v) is 13.8. The lowest BCUT2D eigenvalue weighted by molar-refractivity contribution is 0.0654. The Bertz CT molecular complexity index is 851. The van der Waals surface area contributed by atoms with Crippen LogP contribution in [0.2, 0.25) is 0 Å². The van der Waals surface area contributed by atoms with Gasteiger partial charge in [-0.2, -0.15) is 5.10 Å². The highest BCUT2D eigenvalue weighted by Gasteiger charge is 2.34. The number of nitrogens with zero attached hydrogens (tertiary/aromatic N) is 2. The highest BCUT2D eigenvalue weighted by atomic mass is 16.2. The van der Waals surface area contributed by atoms with E-state index in [1.165, 1.54) is 18.4 Å². The number of fused-ring (bicyclic) bond motifs is 1. The van der Waals surface area contributed by atoms with Gasteiger partial charge in [-0.3, -0.25) is 9.89 Å². The molecule has 4 nitrogen and oxygen atoms in total. The number of rotatable bonds is 5. The normalized spacial score (nSPS) is 15.4. The minimum atomic E-state index is 0.0924. The zero-order chi connectivity index (χ0) is 16.5. The van der Waals surface area contributed by atoms with E-state index in [4.69, 9.17) is 0 Å². The van der Waals surface area contributed by atoms with Gasteiger partial charge in [0.2, 0.25) is 0 Å². The van der Waals surface area contributed by atoms with E-state index in [0.29, 0.717) is 12.5 Å². The van der Waals surface area contributed by atoms with Gasteiger partial charge < -0.3 is 4.90 Å². The number of amides is 1. The lowest BCUT2D eigenvalue weighted by atomic mass is 10.1. The second-order valence-electron chi connectivity index (χ2n) is 6.67. The van der Waals surface area contributed by atoms with Gasteiger partial charge in [0.15, 0.2) is 0 Å². The standard InChI is InChI=1S/C20H21N3O/c1-14(16-7-8-16)23(13-15-5-3-2-4-6-15)20(24)17-9-10-18-12-21-22-19(18)11-17/h2-6,9-12,14,16H,7-8,13H2,1H3,(H,21,22). The molecule has 1 aromatic heterocycles. The van der Waals surface area contributed by atoms with Crippen LogP contribution in [0.15, 0.2) is 54.7 Å². The van der Waals surface area contributed by atoms with E-state index in [1.54, 1.807) is 6.20 Å². The van der Waals surface area contributed by atoms with Crippen molar-refractivity contribution in [1.29, 1.82) is 0 Å². The van der Waals surface area contributed by atoms with Crippen molar-refractivity contribution in [2.75, 3.05) is 0 Å². The highest BCUT2D eigenvalue weighted by molar-refractivity contribution is 5.97. The Morgan fingerprint density at radius 3 is 2.79 bits per heavy atom. The van der Waals surface area contributed by atoms with Gasteiger partial charge in [0, 0.05) is 23.5 Å². The molecule has 1 heterocycles. The Labute approximate surface area is 141 Å². The third kappa shape index (κ3) is 2.92. The molecule has 0 aliphatic heterocycles. The number of carbonyl (C=O) groups is 1. The minimum Gasteiger partial charge on any atom is -0.331 e. The second kappa shape index (κ2) is 6.11. The van der Waals surface area contributed by atoms with Crippen molar-refractivity contribution in [2.45, 2.75) is 32.4 Å². The smallest absolute Gasteiger partial charge is 0.254 e. The van der Waals surface area contributed by atoms with Crippen molar-refractivity contribution in [3.63, 3.8) is 0 Å².